The van der Waals surface area contributed by atoms with Gasteiger partial charge in [-0.15, -0.1) is 0 Å². The molecule has 5 heteroatoms. The second kappa shape index (κ2) is 8.83. The Balaban J connectivity index is 2.39. The van der Waals surface area contributed by atoms with Crippen molar-refractivity contribution in [1.82, 2.24) is 0 Å². The van der Waals surface area contributed by atoms with E-state index in [0.29, 0.717) is 0 Å². The number of amides is 2. The first-order chi connectivity index (χ1) is 12.4. The van der Waals surface area contributed by atoms with Crippen molar-refractivity contribution in [3.8, 4) is 0 Å². The van der Waals surface area contributed by atoms with E-state index in [2.05, 4.69) is 0 Å². The van der Waals surface area contributed by atoms with E-state index in [9.17, 15) is 15.0 Å². The van der Waals surface area contributed by atoms with E-state index in [1.54, 1.807) is 9.80 Å². The van der Waals surface area contributed by atoms with Crippen molar-refractivity contribution in [3.05, 3.63) is 59.7 Å². The van der Waals surface area contributed by atoms with Crippen LogP contribution in [0.4, 0.5) is 16.2 Å². The standard InChI is InChI=1S/C21H28N2O3/c1-15(2)22(19-9-5-17(13-24)6-10-19)21(26)23(16(3)4)20-11-7-18(14-25)8-12-20/h5-12,15-16,24-25H,13-14H2,1-4H3. The minimum Gasteiger partial charge on any atom is -0.392 e. The molecule has 2 aromatic rings. The summed E-state index contributed by atoms with van der Waals surface area (Å²) in [6.45, 7) is 7.86. The van der Waals surface area contributed by atoms with Crippen molar-refractivity contribution < 1.29 is 15.0 Å². The Morgan fingerprint density at radius 3 is 1.27 bits per heavy atom. The van der Waals surface area contributed by atoms with Gasteiger partial charge in [0.2, 0.25) is 0 Å². The van der Waals surface area contributed by atoms with Gasteiger partial charge in [0.15, 0.2) is 0 Å². The van der Waals surface area contributed by atoms with E-state index in [1.165, 1.54) is 0 Å². The lowest BCUT2D eigenvalue weighted by Gasteiger charge is -2.35. The lowest BCUT2D eigenvalue weighted by atomic mass is 10.1. The van der Waals surface area contributed by atoms with Gasteiger partial charge < -0.3 is 10.2 Å². The number of carbonyl (C=O) groups is 1. The molecule has 0 spiro atoms. The first-order valence-electron chi connectivity index (χ1n) is 8.91. The van der Waals surface area contributed by atoms with Gasteiger partial charge in [-0.2, -0.15) is 0 Å². The summed E-state index contributed by atoms with van der Waals surface area (Å²) >= 11 is 0. The number of hydrogen-bond acceptors (Lipinski definition) is 3. The van der Waals surface area contributed by atoms with Gasteiger partial charge in [0.05, 0.1) is 13.2 Å². The van der Waals surface area contributed by atoms with Crippen LogP contribution in [0.5, 0.6) is 0 Å². The van der Waals surface area contributed by atoms with Crippen molar-refractivity contribution >= 4 is 17.4 Å². The molecule has 0 heterocycles. The predicted molar refractivity (Wildman–Crippen MR) is 105 cm³/mol. The van der Waals surface area contributed by atoms with Crippen LogP contribution in [0, 0.1) is 0 Å². The highest BCUT2D eigenvalue weighted by Gasteiger charge is 2.27. The molecule has 2 amide bonds. The highest BCUT2D eigenvalue weighted by molar-refractivity contribution is 6.04. The maximum absolute atomic E-state index is 13.4. The number of anilines is 2. The van der Waals surface area contributed by atoms with Gasteiger partial charge in [0.1, 0.15) is 0 Å². The molecule has 0 bridgehead atoms. The van der Waals surface area contributed by atoms with Gasteiger partial charge >= 0.3 is 6.03 Å². The smallest absolute Gasteiger partial charge is 0.329 e. The summed E-state index contributed by atoms with van der Waals surface area (Å²) < 4.78 is 0. The monoisotopic (exact) mass is 356 g/mol. The van der Waals surface area contributed by atoms with E-state index in [1.807, 2.05) is 76.2 Å². The third kappa shape index (κ3) is 4.42. The Kier molecular flexibility index (Phi) is 6.77. The van der Waals surface area contributed by atoms with E-state index in [-0.39, 0.29) is 31.3 Å². The Morgan fingerprint density at radius 1 is 0.731 bits per heavy atom. The topological polar surface area (TPSA) is 64.0 Å². The summed E-state index contributed by atoms with van der Waals surface area (Å²) in [6, 6.07) is 14.6. The minimum atomic E-state index is -0.108. The average Bonchev–Trinajstić information content (AvgIpc) is 2.62. The van der Waals surface area contributed by atoms with Crippen LogP contribution in [0.3, 0.4) is 0 Å². The zero-order valence-corrected chi connectivity index (χ0v) is 15.9. The summed E-state index contributed by atoms with van der Waals surface area (Å²) in [5.41, 5.74) is 3.20. The number of rotatable bonds is 6. The van der Waals surface area contributed by atoms with Crippen molar-refractivity contribution in [2.45, 2.75) is 53.0 Å². The van der Waals surface area contributed by atoms with Crippen LogP contribution in [-0.2, 0) is 13.2 Å². The molecule has 0 aromatic heterocycles. The summed E-state index contributed by atoms with van der Waals surface area (Å²) in [7, 11) is 0. The molecule has 2 rings (SSSR count). The largest absolute Gasteiger partial charge is 0.392 e. The normalized spacial score (nSPS) is 11.1. The molecule has 2 aromatic carbocycles. The Bertz CT molecular complexity index is 648. The lowest BCUT2D eigenvalue weighted by molar-refractivity contribution is 0.248. The van der Waals surface area contributed by atoms with Crippen molar-refractivity contribution in [2.24, 2.45) is 0 Å². The number of urea groups is 1. The Hall–Kier alpha value is -2.37. The van der Waals surface area contributed by atoms with Gasteiger partial charge in [-0.3, -0.25) is 9.80 Å². The van der Waals surface area contributed by atoms with E-state index in [0.717, 1.165) is 22.5 Å². The van der Waals surface area contributed by atoms with Crippen LogP contribution >= 0.6 is 0 Å². The zero-order chi connectivity index (χ0) is 19.3. The SMILES string of the molecule is CC(C)N(C(=O)N(c1ccc(CO)cc1)C(C)C)c1ccc(CO)cc1. The summed E-state index contributed by atoms with van der Waals surface area (Å²) in [6.07, 6.45) is 0. The number of aliphatic hydroxyl groups excluding tert-OH is 2. The quantitative estimate of drug-likeness (QED) is 0.824. The molecule has 0 aliphatic carbocycles. The lowest BCUT2D eigenvalue weighted by Crippen LogP contribution is -2.49. The van der Waals surface area contributed by atoms with Crippen LogP contribution < -0.4 is 9.80 Å². The van der Waals surface area contributed by atoms with E-state index < -0.39 is 0 Å². The predicted octanol–water partition coefficient (Wildman–Crippen LogP) is 3.92. The summed E-state index contributed by atoms with van der Waals surface area (Å²) in [5, 5.41) is 18.5. The number of benzene rings is 2. The summed E-state index contributed by atoms with van der Waals surface area (Å²) in [5.74, 6) is 0. The second-order valence-electron chi connectivity index (χ2n) is 6.86. The molecule has 0 aliphatic heterocycles. The number of hydrogen-bond donors (Lipinski definition) is 2. The molecule has 140 valence electrons. The average molecular weight is 356 g/mol. The van der Waals surface area contributed by atoms with Crippen LogP contribution in [-0.4, -0.2) is 28.3 Å². The van der Waals surface area contributed by atoms with Gasteiger partial charge in [-0.05, 0) is 63.1 Å². The minimum absolute atomic E-state index is 0.0226. The highest BCUT2D eigenvalue weighted by atomic mass is 16.3. The fourth-order valence-corrected chi connectivity index (χ4v) is 2.90. The molecule has 0 unspecified atom stereocenters. The first-order valence-corrected chi connectivity index (χ1v) is 8.91. The van der Waals surface area contributed by atoms with Crippen molar-refractivity contribution in [1.29, 1.82) is 0 Å². The molecule has 0 atom stereocenters. The van der Waals surface area contributed by atoms with Crippen LogP contribution in [0.15, 0.2) is 48.5 Å². The van der Waals surface area contributed by atoms with Gasteiger partial charge in [0.25, 0.3) is 0 Å². The molecule has 0 aliphatic rings. The maximum atomic E-state index is 13.4. The van der Waals surface area contributed by atoms with Crippen molar-refractivity contribution in [3.63, 3.8) is 0 Å². The molecular weight excluding hydrogens is 328 g/mol. The number of carbonyl (C=O) groups excluding carboxylic acids is 1. The fourth-order valence-electron chi connectivity index (χ4n) is 2.90. The van der Waals surface area contributed by atoms with Crippen LogP contribution in [0.2, 0.25) is 0 Å². The number of aliphatic hydroxyl groups is 2. The fraction of sp³-hybridized carbons (Fsp3) is 0.381. The highest BCUT2D eigenvalue weighted by Crippen LogP contribution is 2.25. The molecular formula is C21H28N2O3. The Morgan fingerprint density at radius 2 is 1.04 bits per heavy atom. The third-order valence-electron chi connectivity index (χ3n) is 4.24. The summed E-state index contributed by atoms with van der Waals surface area (Å²) in [4.78, 5) is 16.9. The molecule has 0 saturated carbocycles. The zero-order valence-electron chi connectivity index (χ0n) is 15.9. The Labute approximate surface area is 155 Å². The van der Waals surface area contributed by atoms with Gasteiger partial charge in [-0.1, -0.05) is 24.3 Å². The molecule has 0 fully saturated rings. The van der Waals surface area contributed by atoms with Crippen LogP contribution in [0.25, 0.3) is 0 Å². The third-order valence-corrected chi connectivity index (χ3v) is 4.24. The maximum Gasteiger partial charge on any atom is 0.329 e. The molecule has 5 nitrogen and oxygen atoms in total. The van der Waals surface area contributed by atoms with Crippen LogP contribution in [0.1, 0.15) is 38.8 Å². The van der Waals surface area contributed by atoms with Gasteiger partial charge in [-0.25, -0.2) is 4.79 Å². The van der Waals surface area contributed by atoms with E-state index in [4.69, 9.17) is 0 Å². The van der Waals surface area contributed by atoms with Crippen molar-refractivity contribution in [2.75, 3.05) is 9.80 Å². The second-order valence-corrected chi connectivity index (χ2v) is 6.86. The number of nitrogens with zero attached hydrogens (tertiary/aromatic N) is 2. The molecule has 26 heavy (non-hydrogen) atoms. The molecule has 0 saturated heterocycles. The van der Waals surface area contributed by atoms with E-state index >= 15 is 0 Å². The molecule has 2 N–H and O–H groups in total. The van der Waals surface area contributed by atoms with Gasteiger partial charge in [0, 0.05) is 23.5 Å². The molecule has 0 radical (unpaired) electrons. The first kappa shape index (κ1) is 19.9.